The molecule has 4 aliphatic rings. The van der Waals surface area contributed by atoms with Gasteiger partial charge in [-0.15, -0.1) is 0 Å². The van der Waals surface area contributed by atoms with Gasteiger partial charge in [-0.25, -0.2) is 0 Å². The van der Waals surface area contributed by atoms with Gasteiger partial charge in [-0.05, 0) is 84.9 Å². The van der Waals surface area contributed by atoms with E-state index in [0.29, 0.717) is 18.3 Å². The summed E-state index contributed by atoms with van der Waals surface area (Å²) in [6, 6.07) is 8.59. The van der Waals surface area contributed by atoms with Crippen molar-refractivity contribution in [2.24, 2.45) is 11.5 Å². The molecule has 0 saturated heterocycles. The SMILES string of the molecule is NC(=O)C[C@@H]1CCc2ccc3c(c21)CCO3.NCC[C@@H]1CCc2ccc3c(c21)CCO3.[Y]. The smallest absolute Gasteiger partial charge is 0.218 e. The van der Waals surface area contributed by atoms with Gasteiger partial charge in [0.2, 0.25) is 5.91 Å². The first-order valence-corrected chi connectivity index (χ1v) is 11.7. The van der Waals surface area contributed by atoms with Crippen molar-refractivity contribution in [3.8, 4) is 11.5 Å². The van der Waals surface area contributed by atoms with E-state index in [-0.39, 0.29) is 38.6 Å². The van der Waals surface area contributed by atoms with Crippen LogP contribution < -0.4 is 20.9 Å². The third kappa shape index (κ3) is 4.49. The average molecular weight is 509 g/mol. The van der Waals surface area contributed by atoms with Gasteiger partial charge < -0.3 is 20.9 Å². The Hall–Kier alpha value is -1.43. The summed E-state index contributed by atoms with van der Waals surface area (Å²) >= 11 is 0. The van der Waals surface area contributed by atoms with Crippen molar-refractivity contribution in [3.63, 3.8) is 0 Å². The van der Waals surface area contributed by atoms with E-state index in [1.165, 1.54) is 40.7 Å². The van der Waals surface area contributed by atoms with Crippen LogP contribution in [-0.4, -0.2) is 25.7 Å². The minimum Gasteiger partial charge on any atom is -0.493 e. The number of carbonyl (C=O) groups is 1. The first-order chi connectivity index (χ1) is 15.2. The number of nitrogens with two attached hydrogens (primary N) is 2. The molecule has 0 saturated carbocycles. The van der Waals surface area contributed by atoms with Gasteiger partial charge in [0.1, 0.15) is 11.5 Å². The Bertz CT molecular complexity index is 1010. The minimum atomic E-state index is -0.200. The second-order valence-corrected chi connectivity index (χ2v) is 9.15. The first kappa shape index (κ1) is 23.7. The van der Waals surface area contributed by atoms with Gasteiger partial charge in [0.15, 0.2) is 0 Å². The quantitative estimate of drug-likeness (QED) is 0.661. The van der Waals surface area contributed by atoms with E-state index in [0.717, 1.165) is 63.4 Å². The predicted molar refractivity (Wildman–Crippen MR) is 121 cm³/mol. The summed E-state index contributed by atoms with van der Waals surface area (Å²) in [5, 5.41) is 0. The van der Waals surface area contributed by atoms with Crippen LogP contribution in [0.1, 0.15) is 70.9 Å². The molecule has 5 nitrogen and oxygen atoms in total. The Balaban J connectivity index is 0.000000149. The van der Waals surface area contributed by atoms with Crippen molar-refractivity contribution in [2.75, 3.05) is 19.8 Å². The van der Waals surface area contributed by atoms with Crippen molar-refractivity contribution >= 4 is 5.91 Å². The second-order valence-electron chi connectivity index (χ2n) is 9.15. The molecule has 1 radical (unpaired) electrons. The zero-order valence-corrected chi connectivity index (χ0v) is 21.5. The zero-order valence-electron chi connectivity index (χ0n) is 18.7. The molecule has 0 fully saturated rings. The topological polar surface area (TPSA) is 87.6 Å². The van der Waals surface area contributed by atoms with Gasteiger partial charge in [0.05, 0.1) is 13.2 Å². The van der Waals surface area contributed by atoms with Crippen LogP contribution in [0.25, 0.3) is 0 Å². The van der Waals surface area contributed by atoms with Crippen molar-refractivity contribution in [3.05, 3.63) is 57.6 Å². The number of primary amides is 1. The van der Waals surface area contributed by atoms with Crippen LogP contribution in [-0.2, 0) is 63.2 Å². The second kappa shape index (κ2) is 10.2. The van der Waals surface area contributed by atoms with Crippen molar-refractivity contribution in [2.45, 2.75) is 63.2 Å². The standard InChI is InChI=1S/C13H15NO2.C13H17NO.Y/c14-12(15)7-9-2-1-8-3-4-11-10(13(8)9)5-6-16-11;14-7-5-10-2-1-9-3-4-12-11(13(9)10)6-8-15-12;/h3-4,9H,1-2,5-7H2,(H2,14,15);3-4,10H,1-2,5-8,14H2;/t9-;10-;/m00./s1. The number of ether oxygens (including phenoxy) is 2. The fourth-order valence-electron chi connectivity index (χ4n) is 6.04. The molecule has 0 aromatic heterocycles. The molecule has 2 aromatic rings. The Morgan fingerprint density at radius 3 is 1.91 bits per heavy atom. The number of hydrogen-bond donors (Lipinski definition) is 2. The normalized spacial score (nSPS) is 21.2. The third-order valence-corrected chi connectivity index (χ3v) is 7.33. The van der Waals surface area contributed by atoms with Gasteiger partial charge in [0.25, 0.3) is 0 Å². The van der Waals surface area contributed by atoms with Gasteiger partial charge in [0, 0.05) is 63.1 Å². The number of aryl methyl sites for hydroxylation is 2. The van der Waals surface area contributed by atoms with Crippen LogP contribution in [0, 0.1) is 0 Å². The number of fused-ring (bicyclic) bond motifs is 6. The molecule has 2 aliphatic heterocycles. The molecule has 6 rings (SSSR count). The van der Waals surface area contributed by atoms with E-state index in [2.05, 4.69) is 24.3 Å². The van der Waals surface area contributed by atoms with E-state index in [1.807, 2.05) is 0 Å². The molecule has 0 unspecified atom stereocenters. The largest absolute Gasteiger partial charge is 0.493 e. The molecular formula is C26H32N2O3Y. The third-order valence-electron chi connectivity index (χ3n) is 7.33. The van der Waals surface area contributed by atoms with Crippen LogP contribution in [0.5, 0.6) is 11.5 Å². The minimum absolute atomic E-state index is 0. The molecule has 2 heterocycles. The van der Waals surface area contributed by atoms with Crippen LogP contribution in [0.3, 0.4) is 0 Å². The average Bonchev–Trinajstić information content (AvgIpc) is 3.53. The van der Waals surface area contributed by atoms with Gasteiger partial charge in [-0.3, -0.25) is 4.79 Å². The molecule has 32 heavy (non-hydrogen) atoms. The van der Waals surface area contributed by atoms with Gasteiger partial charge >= 0.3 is 0 Å². The van der Waals surface area contributed by atoms with Crippen LogP contribution in [0.4, 0.5) is 0 Å². The van der Waals surface area contributed by atoms with Crippen molar-refractivity contribution in [1.82, 2.24) is 0 Å². The molecule has 4 N–H and O–H groups in total. The maximum atomic E-state index is 11.1. The summed E-state index contributed by atoms with van der Waals surface area (Å²) in [6.45, 7) is 2.44. The van der Waals surface area contributed by atoms with Crippen LogP contribution >= 0.6 is 0 Å². The summed E-state index contributed by atoms with van der Waals surface area (Å²) in [5.41, 5.74) is 19.6. The maximum absolute atomic E-state index is 11.1. The van der Waals surface area contributed by atoms with Gasteiger partial charge in [-0.2, -0.15) is 0 Å². The van der Waals surface area contributed by atoms with E-state index in [4.69, 9.17) is 20.9 Å². The Morgan fingerprint density at radius 2 is 1.38 bits per heavy atom. The summed E-state index contributed by atoms with van der Waals surface area (Å²) in [5.74, 6) is 2.95. The molecular weight excluding hydrogens is 477 g/mol. The molecule has 2 aliphatic carbocycles. The Labute approximate surface area is 215 Å². The number of hydrogen-bond acceptors (Lipinski definition) is 4. The Morgan fingerprint density at radius 1 is 0.844 bits per heavy atom. The van der Waals surface area contributed by atoms with E-state index in [1.54, 1.807) is 5.56 Å². The molecule has 2 atom stereocenters. The maximum Gasteiger partial charge on any atom is 0.218 e. The molecule has 2 aromatic carbocycles. The molecule has 0 spiro atoms. The van der Waals surface area contributed by atoms with E-state index < -0.39 is 0 Å². The fraction of sp³-hybridized carbons (Fsp3) is 0.500. The summed E-state index contributed by atoms with van der Waals surface area (Å²) in [7, 11) is 0. The van der Waals surface area contributed by atoms with E-state index >= 15 is 0 Å². The number of carbonyl (C=O) groups excluding carboxylic acids is 1. The van der Waals surface area contributed by atoms with Crippen molar-refractivity contribution in [1.29, 1.82) is 0 Å². The van der Waals surface area contributed by atoms with Gasteiger partial charge in [-0.1, -0.05) is 12.1 Å². The Kier molecular flexibility index (Phi) is 7.59. The van der Waals surface area contributed by atoms with Crippen LogP contribution in [0.2, 0.25) is 0 Å². The van der Waals surface area contributed by atoms with Crippen LogP contribution in [0.15, 0.2) is 24.3 Å². The number of amides is 1. The first-order valence-electron chi connectivity index (χ1n) is 11.7. The summed E-state index contributed by atoms with van der Waals surface area (Å²) in [4.78, 5) is 11.1. The molecule has 0 bridgehead atoms. The number of benzene rings is 2. The van der Waals surface area contributed by atoms with E-state index in [9.17, 15) is 4.79 Å². The summed E-state index contributed by atoms with van der Waals surface area (Å²) in [6.07, 6.45) is 8.31. The number of rotatable bonds is 4. The monoisotopic (exact) mass is 509 g/mol. The zero-order chi connectivity index (χ0) is 21.4. The predicted octanol–water partition coefficient (Wildman–Crippen LogP) is 3.52. The summed E-state index contributed by atoms with van der Waals surface area (Å²) < 4.78 is 11.2. The molecule has 1 amide bonds. The van der Waals surface area contributed by atoms with Crippen molar-refractivity contribution < 1.29 is 47.0 Å². The fourth-order valence-corrected chi connectivity index (χ4v) is 6.04. The molecule has 167 valence electrons. The molecule has 6 heteroatoms.